The summed E-state index contributed by atoms with van der Waals surface area (Å²) in [6.07, 6.45) is 2.26. The Morgan fingerprint density at radius 2 is 1.82 bits per heavy atom. The van der Waals surface area contributed by atoms with E-state index in [0.29, 0.717) is 51.8 Å². The molecule has 2 aromatic carbocycles. The molecule has 0 aliphatic heterocycles. The van der Waals surface area contributed by atoms with E-state index in [1.807, 2.05) is 45.7 Å². The minimum absolute atomic E-state index is 0.216. The summed E-state index contributed by atoms with van der Waals surface area (Å²) in [5, 5.41) is 9.24. The van der Waals surface area contributed by atoms with Crippen LogP contribution < -0.4 is 14.9 Å². The fraction of sp³-hybridized carbons (Fsp3) is 0.160. The first kappa shape index (κ1) is 22.2. The van der Waals surface area contributed by atoms with Crippen LogP contribution in [0.3, 0.4) is 0 Å². The minimum Gasteiger partial charge on any atom is -0.493 e. The van der Waals surface area contributed by atoms with E-state index in [4.69, 9.17) is 25.6 Å². The van der Waals surface area contributed by atoms with E-state index in [9.17, 15) is 4.79 Å². The summed E-state index contributed by atoms with van der Waals surface area (Å²) >= 11 is 7.66. The number of thiophene rings is 1. The Kier molecular flexibility index (Phi) is 6.08. The van der Waals surface area contributed by atoms with E-state index in [0.717, 1.165) is 11.1 Å². The molecule has 3 aromatic heterocycles. The third-order valence-corrected chi connectivity index (χ3v) is 6.48. The Morgan fingerprint density at radius 1 is 1.06 bits per heavy atom. The third kappa shape index (κ3) is 4.30. The Labute approximate surface area is 204 Å². The molecule has 0 fully saturated rings. The highest BCUT2D eigenvalue weighted by atomic mass is 35.5. The number of nitrogens with zero attached hydrogens (tertiary/aromatic N) is 3. The van der Waals surface area contributed by atoms with Crippen LogP contribution in [0.4, 0.5) is 0 Å². The standard InChI is InChI=1S/C25H20ClN3O4S/c1-31-21-10-18-20(11-22(21)32-2)29(12-15-3-5-17(26)6-4-15)13-19(24(18)30)25-27-23(33-28-25)9-16-7-8-34-14-16/h3-8,10-11,13-14H,9,12H2,1-2H3. The van der Waals surface area contributed by atoms with E-state index >= 15 is 0 Å². The van der Waals surface area contributed by atoms with Gasteiger partial charge in [-0.2, -0.15) is 16.3 Å². The van der Waals surface area contributed by atoms with Crippen molar-refractivity contribution in [1.29, 1.82) is 0 Å². The first-order valence-corrected chi connectivity index (χ1v) is 11.8. The highest BCUT2D eigenvalue weighted by Crippen LogP contribution is 2.32. The van der Waals surface area contributed by atoms with Crippen LogP contribution in [0.25, 0.3) is 22.3 Å². The van der Waals surface area contributed by atoms with Crippen LogP contribution in [-0.4, -0.2) is 28.9 Å². The predicted octanol–water partition coefficient (Wildman–Crippen LogP) is 5.42. The van der Waals surface area contributed by atoms with E-state index in [-0.39, 0.29) is 11.3 Å². The van der Waals surface area contributed by atoms with E-state index in [1.165, 1.54) is 7.11 Å². The first-order valence-electron chi connectivity index (χ1n) is 10.4. The Bertz CT molecular complexity index is 1510. The van der Waals surface area contributed by atoms with Crippen LogP contribution in [0.5, 0.6) is 11.5 Å². The zero-order chi connectivity index (χ0) is 23.7. The predicted molar refractivity (Wildman–Crippen MR) is 132 cm³/mol. The largest absolute Gasteiger partial charge is 0.493 e. The Hall–Kier alpha value is -3.62. The average molecular weight is 494 g/mol. The molecule has 0 spiro atoms. The summed E-state index contributed by atoms with van der Waals surface area (Å²) in [5.41, 5.74) is 2.92. The molecule has 0 atom stereocenters. The van der Waals surface area contributed by atoms with Crippen molar-refractivity contribution in [2.24, 2.45) is 0 Å². The van der Waals surface area contributed by atoms with Crippen LogP contribution in [-0.2, 0) is 13.0 Å². The van der Waals surface area contributed by atoms with Crippen LogP contribution >= 0.6 is 22.9 Å². The SMILES string of the molecule is COc1cc2c(=O)c(-c3noc(Cc4ccsc4)n3)cn(Cc3ccc(Cl)cc3)c2cc1OC. The molecule has 34 heavy (non-hydrogen) atoms. The number of halogens is 1. The van der Waals surface area contributed by atoms with E-state index in [1.54, 1.807) is 36.8 Å². The van der Waals surface area contributed by atoms with Gasteiger partial charge in [0, 0.05) is 23.8 Å². The van der Waals surface area contributed by atoms with Gasteiger partial charge in [0.05, 0.1) is 37.1 Å². The first-order chi connectivity index (χ1) is 16.6. The number of benzene rings is 2. The van der Waals surface area contributed by atoms with Crippen LogP contribution in [0, 0.1) is 0 Å². The maximum absolute atomic E-state index is 13.5. The zero-order valence-electron chi connectivity index (χ0n) is 18.4. The second-order valence-corrected chi connectivity index (χ2v) is 8.89. The monoisotopic (exact) mass is 493 g/mol. The van der Waals surface area contributed by atoms with Crippen molar-refractivity contribution in [3.8, 4) is 22.9 Å². The molecule has 0 amide bonds. The van der Waals surface area contributed by atoms with Gasteiger partial charge in [-0.15, -0.1) is 0 Å². The molecule has 9 heteroatoms. The summed E-state index contributed by atoms with van der Waals surface area (Å²) < 4.78 is 18.3. The fourth-order valence-corrected chi connectivity index (χ4v) is 4.59. The van der Waals surface area contributed by atoms with E-state index in [2.05, 4.69) is 10.1 Å². The number of rotatable bonds is 7. The van der Waals surface area contributed by atoms with Gasteiger partial charge in [0.15, 0.2) is 11.5 Å². The van der Waals surface area contributed by atoms with Gasteiger partial charge in [0.1, 0.15) is 0 Å². The molecule has 0 radical (unpaired) electrons. The molecule has 0 aliphatic rings. The van der Waals surface area contributed by atoms with Crippen molar-refractivity contribution < 1.29 is 14.0 Å². The second-order valence-electron chi connectivity index (χ2n) is 7.67. The van der Waals surface area contributed by atoms with Gasteiger partial charge < -0.3 is 18.6 Å². The number of fused-ring (bicyclic) bond motifs is 1. The maximum atomic E-state index is 13.5. The van der Waals surface area contributed by atoms with Gasteiger partial charge in [-0.1, -0.05) is 28.9 Å². The quantitative estimate of drug-likeness (QED) is 0.301. The van der Waals surface area contributed by atoms with Crippen molar-refractivity contribution in [1.82, 2.24) is 14.7 Å². The van der Waals surface area contributed by atoms with Gasteiger partial charge in [-0.25, -0.2) is 0 Å². The number of ether oxygens (including phenoxy) is 2. The molecule has 172 valence electrons. The molecular formula is C25H20ClN3O4S. The number of methoxy groups -OCH3 is 2. The molecule has 5 rings (SSSR count). The molecule has 0 bridgehead atoms. The molecular weight excluding hydrogens is 474 g/mol. The van der Waals surface area contributed by atoms with Crippen molar-refractivity contribution in [3.05, 3.63) is 91.7 Å². The molecule has 0 aliphatic carbocycles. The second kappa shape index (κ2) is 9.32. The topological polar surface area (TPSA) is 79.4 Å². The number of hydrogen-bond acceptors (Lipinski definition) is 7. The third-order valence-electron chi connectivity index (χ3n) is 5.50. The van der Waals surface area contributed by atoms with Crippen LogP contribution in [0.2, 0.25) is 5.02 Å². The molecule has 5 aromatic rings. The molecule has 0 unspecified atom stereocenters. The van der Waals surface area contributed by atoms with Gasteiger partial charge in [0.2, 0.25) is 17.1 Å². The lowest BCUT2D eigenvalue weighted by Gasteiger charge is -2.15. The summed E-state index contributed by atoms with van der Waals surface area (Å²) in [6.45, 7) is 0.496. The summed E-state index contributed by atoms with van der Waals surface area (Å²) in [4.78, 5) is 18.0. The molecule has 0 saturated heterocycles. The summed E-state index contributed by atoms with van der Waals surface area (Å²) in [7, 11) is 3.10. The summed E-state index contributed by atoms with van der Waals surface area (Å²) in [5.74, 6) is 1.69. The van der Waals surface area contributed by atoms with Gasteiger partial charge >= 0.3 is 0 Å². The number of aromatic nitrogens is 3. The lowest BCUT2D eigenvalue weighted by atomic mass is 10.1. The molecule has 0 saturated carbocycles. The van der Waals surface area contributed by atoms with Gasteiger partial charge in [-0.3, -0.25) is 4.79 Å². The lowest BCUT2D eigenvalue weighted by molar-refractivity contribution is 0.355. The maximum Gasteiger partial charge on any atom is 0.231 e. The fourth-order valence-electron chi connectivity index (χ4n) is 3.80. The van der Waals surface area contributed by atoms with Crippen LogP contribution in [0.1, 0.15) is 17.0 Å². The van der Waals surface area contributed by atoms with Crippen LogP contribution in [0.15, 0.2) is 68.7 Å². The zero-order valence-corrected chi connectivity index (χ0v) is 20.0. The molecule has 0 N–H and O–H groups in total. The average Bonchev–Trinajstić information content (AvgIpc) is 3.54. The van der Waals surface area contributed by atoms with Crippen molar-refractivity contribution in [2.75, 3.05) is 14.2 Å². The highest BCUT2D eigenvalue weighted by Gasteiger charge is 2.19. The number of hydrogen-bond donors (Lipinski definition) is 0. The van der Waals surface area contributed by atoms with Gasteiger partial charge in [-0.05, 0) is 46.2 Å². The highest BCUT2D eigenvalue weighted by molar-refractivity contribution is 7.07. The Morgan fingerprint density at radius 3 is 2.53 bits per heavy atom. The number of pyridine rings is 1. The minimum atomic E-state index is -0.216. The molecule has 3 heterocycles. The van der Waals surface area contributed by atoms with E-state index < -0.39 is 0 Å². The lowest BCUT2D eigenvalue weighted by Crippen LogP contribution is -2.14. The van der Waals surface area contributed by atoms with Crippen molar-refractivity contribution >= 4 is 33.8 Å². The molecule has 7 nitrogen and oxygen atoms in total. The van der Waals surface area contributed by atoms with Crippen molar-refractivity contribution in [2.45, 2.75) is 13.0 Å². The van der Waals surface area contributed by atoms with Crippen molar-refractivity contribution in [3.63, 3.8) is 0 Å². The smallest absolute Gasteiger partial charge is 0.231 e. The normalized spacial score (nSPS) is 11.1. The van der Waals surface area contributed by atoms with Gasteiger partial charge in [0.25, 0.3) is 0 Å². The summed E-state index contributed by atoms with van der Waals surface area (Å²) in [6, 6.07) is 13.0. The Balaban J connectivity index is 1.66.